The molecule has 7 unspecified atom stereocenters. The highest BCUT2D eigenvalue weighted by molar-refractivity contribution is 7.47. The van der Waals surface area contributed by atoms with Gasteiger partial charge in [-0.05, 0) is 46.1 Å². The molecule has 0 aromatic heterocycles. The van der Waals surface area contributed by atoms with Crippen LogP contribution < -0.4 is 0 Å². The summed E-state index contributed by atoms with van der Waals surface area (Å²) in [4.78, 5) is 13.0. The number of hydrogen-bond donors (Lipinski definition) is 1. The molecule has 11 nitrogen and oxygen atoms in total. The molecule has 0 spiro atoms. The second kappa shape index (κ2) is 10.8. The van der Waals surface area contributed by atoms with Gasteiger partial charge in [0, 0.05) is 16.9 Å². The van der Waals surface area contributed by atoms with Gasteiger partial charge in [-0.2, -0.15) is 0 Å². The Kier molecular flexibility index (Phi) is 9.24. The molecule has 14 heteroatoms. The highest BCUT2D eigenvalue weighted by atomic mass is 31.2. The maximum absolute atomic E-state index is 12.6. The fraction of sp³-hybridized carbons (Fsp3) is 1.00. The Balaban J connectivity index is 2.04. The van der Waals surface area contributed by atoms with E-state index in [4.69, 9.17) is 49.2 Å². The molecule has 0 saturated carbocycles. The normalized spacial score (nSPS) is 36.2. The fourth-order valence-corrected chi connectivity index (χ4v) is 4.23. The van der Waals surface area contributed by atoms with Crippen molar-refractivity contribution in [2.75, 3.05) is 13.2 Å². The number of phosphoric ester groups is 1. The van der Waals surface area contributed by atoms with Crippen molar-refractivity contribution in [3.8, 4) is 0 Å². The van der Waals surface area contributed by atoms with Gasteiger partial charge in [0.15, 0.2) is 5.72 Å². The number of azide groups is 1. The van der Waals surface area contributed by atoms with Gasteiger partial charge in [-0.15, -0.1) is 0 Å². The van der Waals surface area contributed by atoms with Gasteiger partial charge in [0.1, 0.15) is 27.9 Å². The summed E-state index contributed by atoms with van der Waals surface area (Å²) in [5, 5.41) is 3.61. The molecule has 7 atom stereocenters. The molecule has 2 rings (SSSR count). The van der Waals surface area contributed by atoms with Crippen LogP contribution in [0.4, 0.5) is 0 Å². The summed E-state index contributed by atoms with van der Waals surface area (Å²) in [6.07, 6.45) is -2.04. The standard InChI is InChI=1S/C16H28B2N3O8P/c1-9(2)24-8-16(20-21-19)13(6-15(18)28-16)29-30(22,23)25-7-12-11(26-10(3)4)5-14(17)27-12/h9-15H,5-8H2,1-4H3,(H,22,23). The molecular formula is C16H28B2N3O8P. The third-order valence-corrected chi connectivity index (χ3v) is 5.48. The minimum atomic E-state index is -4.60. The molecule has 166 valence electrons. The molecule has 4 radical (unpaired) electrons. The molecule has 30 heavy (non-hydrogen) atoms. The predicted octanol–water partition coefficient (Wildman–Crippen LogP) is 1.91. The zero-order valence-corrected chi connectivity index (χ0v) is 18.5. The second-order valence-electron chi connectivity index (χ2n) is 7.82. The van der Waals surface area contributed by atoms with E-state index in [2.05, 4.69) is 10.0 Å². The molecule has 2 fully saturated rings. The number of ether oxygens (including phenoxy) is 4. The molecule has 2 saturated heterocycles. The third-order valence-electron chi connectivity index (χ3n) is 4.48. The average Bonchev–Trinajstić information content (AvgIpc) is 3.10. The van der Waals surface area contributed by atoms with Gasteiger partial charge in [0.05, 0.1) is 31.5 Å². The molecule has 0 aromatic carbocycles. The van der Waals surface area contributed by atoms with E-state index in [0.29, 0.717) is 6.42 Å². The average molecular weight is 443 g/mol. The summed E-state index contributed by atoms with van der Waals surface area (Å²) >= 11 is 0. The van der Waals surface area contributed by atoms with Gasteiger partial charge in [0.25, 0.3) is 0 Å². The smallest absolute Gasteiger partial charge is 0.380 e. The number of hydrogen-bond acceptors (Lipinski definition) is 8. The SMILES string of the molecule is [B]C1CC(OC(C)C)C(COP(=O)(O)OC2CC([B])OC2(COC(C)C)N=[N+]=[N-])O1. The van der Waals surface area contributed by atoms with Crippen LogP contribution in [-0.4, -0.2) is 82.1 Å². The first-order valence-electron chi connectivity index (χ1n) is 9.80. The monoisotopic (exact) mass is 443 g/mol. The lowest BCUT2D eigenvalue weighted by molar-refractivity contribution is -0.119. The lowest BCUT2D eigenvalue weighted by atomic mass is 9.95. The van der Waals surface area contributed by atoms with Crippen LogP contribution in [0, 0.1) is 0 Å². The minimum Gasteiger partial charge on any atom is -0.380 e. The van der Waals surface area contributed by atoms with Gasteiger partial charge in [0.2, 0.25) is 0 Å². The Bertz CT molecular complexity index is 668. The largest absolute Gasteiger partial charge is 0.472 e. The van der Waals surface area contributed by atoms with E-state index in [1.54, 1.807) is 13.8 Å². The molecule has 0 amide bonds. The number of phosphoric acid groups is 1. The van der Waals surface area contributed by atoms with Crippen molar-refractivity contribution < 1.29 is 37.5 Å². The first kappa shape index (κ1) is 25.6. The lowest BCUT2D eigenvalue weighted by Crippen LogP contribution is -2.43. The Morgan fingerprint density at radius 1 is 1.27 bits per heavy atom. The maximum atomic E-state index is 12.6. The molecule has 2 aliphatic heterocycles. The molecule has 0 bridgehead atoms. The van der Waals surface area contributed by atoms with Crippen molar-refractivity contribution >= 4 is 23.5 Å². The van der Waals surface area contributed by atoms with Crippen molar-refractivity contribution in [1.29, 1.82) is 0 Å². The van der Waals surface area contributed by atoms with Crippen molar-refractivity contribution in [2.24, 2.45) is 5.11 Å². The molecule has 2 aliphatic rings. The van der Waals surface area contributed by atoms with Crippen LogP contribution in [0.3, 0.4) is 0 Å². The van der Waals surface area contributed by atoms with Crippen LogP contribution in [0.1, 0.15) is 40.5 Å². The maximum Gasteiger partial charge on any atom is 0.472 e. The van der Waals surface area contributed by atoms with E-state index in [9.17, 15) is 9.46 Å². The molecule has 0 aromatic rings. The van der Waals surface area contributed by atoms with Crippen LogP contribution in [0.2, 0.25) is 0 Å². The summed E-state index contributed by atoms with van der Waals surface area (Å²) in [6, 6.07) is -1.44. The quantitative estimate of drug-likeness (QED) is 0.168. The second-order valence-corrected chi connectivity index (χ2v) is 9.22. The molecule has 0 aliphatic carbocycles. The van der Waals surface area contributed by atoms with Gasteiger partial charge < -0.3 is 23.8 Å². The summed E-state index contributed by atoms with van der Waals surface area (Å²) in [5.41, 5.74) is 7.25. The van der Waals surface area contributed by atoms with Gasteiger partial charge >= 0.3 is 7.82 Å². The van der Waals surface area contributed by atoms with Gasteiger partial charge in [-0.25, -0.2) is 4.57 Å². The Morgan fingerprint density at radius 3 is 2.57 bits per heavy atom. The first-order valence-corrected chi connectivity index (χ1v) is 11.3. The van der Waals surface area contributed by atoms with Crippen molar-refractivity contribution in [3.05, 3.63) is 10.4 Å². The van der Waals surface area contributed by atoms with Crippen molar-refractivity contribution in [1.82, 2.24) is 0 Å². The van der Waals surface area contributed by atoms with E-state index in [0.717, 1.165) is 0 Å². The lowest BCUT2D eigenvalue weighted by Gasteiger charge is -2.31. The summed E-state index contributed by atoms with van der Waals surface area (Å²) in [7, 11) is 7.00. The topological polar surface area (TPSA) is 141 Å². The summed E-state index contributed by atoms with van der Waals surface area (Å²) < 4.78 is 45.2. The van der Waals surface area contributed by atoms with Crippen LogP contribution in [0.15, 0.2) is 5.11 Å². The van der Waals surface area contributed by atoms with Gasteiger partial charge in [-0.3, -0.25) is 9.05 Å². The van der Waals surface area contributed by atoms with Crippen LogP contribution >= 0.6 is 7.82 Å². The number of rotatable bonds is 11. The van der Waals surface area contributed by atoms with Crippen LogP contribution in [0.5, 0.6) is 0 Å². The van der Waals surface area contributed by atoms with Gasteiger partial charge in [-0.1, -0.05) is 5.11 Å². The molecule has 1 N–H and O–H groups in total. The minimum absolute atomic E-state index is 0.00171. The first-order chi connectivity index (χ1) is 14.0. The Morgan fingerprint density at radius 2 is 1.97 bits per heavy atom. The number of nitrogens with zero attached hydrogens (tertiary/aromatic N) is 3. The molecule has 2 heterocycles. The van der Waals surface area contributed by atoms with Crippen molar-refractivity contribution in [2.45, 2.75) is 88.8 Å². The molecular weight excluding hydrogens is 415 g/mol. The van der Waals surface area contributed by atoms with E-state index in [-0.39, 0.29) is 37.9 Å². The highest BCUT2D eigenvalue weighted by Gasteiger charge is 2.51. The fourth-order valence-electron chi connectivity index (χ4n) is 3.26. The van der Waals surface area contributed by atoms with E-state index in [1.807, 2.05) is 13.8 Å². The zero-order chi connectivity index (χ0) is 22.5. The van der Waals surface area contributed by atoms with E-state index < -0.39 is 37.8 Å². The van der Waals surface area contributed by atoms with E-state index in [1.165, 1.54) is 0 Å². The Hall–Kier alpha value is -0.610. The van der Waals surface area contributed by atoms with Crippen LogP contribution in [0.25, 0.3) is 10.4 Å². The summed E-state index contributed by atoms with van der Waals surface area (Å²) in [5.74, 6) is 0. The van der Waals surface area contributed by atoms with Crippen LogP contribution in [-0.2, 0) is 32.6 Å². The Labute approximate surface area is 179 Å². The highest BCUT2D eigenvalue weighted by Crippen LogP contribution is 2.50. The summed E-state index contributed by atoms with van der Waals surface area (Å²) in [6.45, 7) is 6.78. The van der Waals surface area contributed by atoms with Crippen molar-refractivity contribution in [3.63, 3.8) is 0 Å². The zero-order valence-electron chi connectivity index (χ0n) is 17.6. The third kappa shape index (κ3) is 7.22. The van der Waals surface area contributed by atoms with E-state index >= 15 is 0 Å². The predicted molar refractivity (Wildman–Crippen MR) is 108 cm³/mol.